The van der Waals surface area contributed by atoms with Crippen LogP contribution in [0.5, 0.6) is 0 Å². The Bertz CT molecular complexity index is 643. The molecule has 2 aromatic carbocycles. The molecule has 1 aliphatic rings. The zero-order chi connectivity index (χ0) is 14.3. The summed E-state index contributed by atoms with van der Waals surface area (Å²) in [6.45, 7) is 0. The third-order valence-corrected chi connectivity index (χ3v) is 4.50. The van der Waals surface area contributed by atoms with Crippen LogP contribution in [0.4, 0.5) is 17.1 Å². The minimum Gasteiger partial charge on any atom is -0.376 e. The summed E-state index contributed by atoms with van der Waals surface area (Å²) in [7, 11) is 8.36. The van der Waals surface area contributed by atoms with Crippen molar-refractivity contribution in [3.05, 3.63) is 42.5 Å². The first kappa shape index (κ1) is 16.5. The van der Waals surface area contributed by atoms with Gasteiger partial charge in [-0.2, -0.15) is 0 Å². The molecule has 21 heavy (non-hydrogen) atoms. The largest absolute Gasteiger partial charge is 0.376 e. The molecule has 0 aromatic heterocycles. The summed E-state index contributed by atoms with van der Waals surface area (Å²) in [5.41, 5.74) is 3.73. The molecule has 3 rings (SSSR count). The SMILES string of the molecule is CN(C)c1cccc2c1N(N(C)C)c1ccccc1S2.I. The van der Waals surface area contributed by atoms with E-state index >= 15 is 0 Å². The lowest BCUT2D eigenvalue weighted by Gasteiger charge is -2.39. The number of para-hydroxylation sites is 2. The smallest absolute Gasteiger partial charge is 0.0953 e. The van der Waals surface area contributed by atoms with Crippen molar-refractivity contribution in [2.24, 2.45) is 0 Å². The molecule has 112 valence electrons. The van der Waals surface area contributed by atoms with Crippen molar-refractivity contribution in [3.8, 4) is 0 Å². The molecule has 0 radical (unpaired) electrons. The molecule has 0 bridgehead atoms. The first-order valence-corrected chi connectivity index (χ1v) is 7.46. The van der Waals surface area contributed by atoms with Crippen LogP contribution >= 0.6 is 35.7 Å². The average Bonchev–Trinajstić information content (AvgIpc) is 2.43. The highest BCUT2D eigenvalue weighted by Crippen LogP contribution is 2.51. The van der Waals surface area contributed by atoms with Gasteiger partial charge in [-0.15, -0.1) is 24.0 Å². The molecule has 0 amide bonds. The summed E-state index contributed by atoms with van der Waals surface area (Å²) in [6.07, 6.45) is 0. The number of fused-ring (bicyclic) bond motifs is 2. The van der Waals surface area contributed by atoms with E-state index in [1.807, 2.05) is 11.8 Å². The van der Waals surface area contributed by atoms with E-state index in [2.05, 4.69) is 85.6 Å². The minimum absolute atomic E-state index is 0. The molecule has 2 aromatic rings. The van der Waals surface area contributed by atoms with Gasteiger partial charge in [-0.05, 0) is 24.3 Å². The summed E-state index contributed by atoms with van der Waals surface area (Å²) in [5.74, 6) is 0. The molecule has 0 unspecified atom stereocenters. The highest BCUT2D eigenvalue weighted by molar-refractivity contribution is 14.0. The Morgan fingerprint density at radius 3 is 2.19 bits per heavy atom. The Balaban J connectivity index is 0.00000161. The average molecular weight is 413 g/mol. The first-order valence-electron chi connectivity index (χ1n) is 6.64. The van der Waals surface area contributed by atoms with Crippen LogP contribution in [0.3, 0.4) is 0 Å². The van der Waals surface area contributed by atoms with Gasteiger partial charge in [0.1, 0.15) is 0 Å². The fraction of sp³-hybridized carbons (Fsp3) is 0.250. The molecule has 0 fully saturated rings. The fourth-order valence-electron chi connectivity index (χ4n) is 2.54. The van der Waals surface area contributed by atoms with Crippen molar-refractivity contribution in [1.82, 2.24) is 5.01 Å². The van der Waals surface area contributed by atoms with Gasteiger partial charge in [0.15, 0.2) is 0 Å². The van der Waals surface area contributed by atoms with Gasteiger partial charge >= 0.3 is 0 Å². The van der Waals surface area contributed by atoms with E-state index in [1.165, 1.54) is 26.9 Å². The first-order chi connectivity index (χ1) is 9.59. The maximum atomic E-state index is 2.29. The van der Waals surface area contributed by atoms with Gasteiger partial charge in [0.05, 0.1) is 17.1 Å². The fourth-order valence-corrected chi connectivity index (χ4v) is 3.62. The molecule has 5 heteroatoms. The van der Waals surface area contributed by atoms with Crippen molar-refractivity contribution in [2.45, 2.75) is 9.79 Å². The number of halogens is 1. The summed E-state index contributed by atoms with van der Waals surface area (Å²) in [5, 5.41) is 4.43. The van der Waals surface area contributed by atoms with Gasteiger partial charge in [0, 0.05) is 38.0 Å². The molecule has 0 atom stereocenters. The van der Waals surface area contributed by atoms with Crippen LogP contribution in [-0.2, 0) is 0 Å². The highest BCUT2D eigenvalue weighted by Gasteiger charge is 2.27. The predicted molar refractivity (Wildman–Crippen MR) is 103 cm³/mol. The molecular formula is C16H20IN3S. The van der Waals surface area contributed by atoms with Crippen LogP contribution < -0.4 is 9.91 Å². The topological polar surface area (TPSA) is 9.72 Å². The third kappa shape index (κ3) is 2.86. The quantitative estimate of drug-likeness (QED) is 0.673. The number of hydrogen-bond acceptors (Lipinski definition) is 4. The van der Waals surface area contributed by atoms with Crippen LogP contribution in [0.25, 0.3) is 0 Å². The van der Waals surface area contributed by atoms with Gasteiger partial charge in [-0.1, -0.05) is 30.0 Å². The van der Waals surface area contributed by atoms with Gasteiger partial charge < -0.3 is 4.90 Å². The van der Waals surface area contributed by atoms with E-state index in [9.17, 15) is 0 Å². The maximum absolute atomic E-state index is 2.29. The number of benzene rings is 2. The van der Waals surface area contributed by atoms with Crippen molar-refractivity contribution >= 4 is 52.8 Å². The van der Waals surface area contributed by atoms with Crippen LogP contribution in [0.1, 0.15) is 0 Å². The monoisotopic (exact) mass is 413 g/mol. The molecule has 0 spiro atoms. The number of rotatable bonds is 2. The molecular weight excluding hydrogens is 393 g/mol. The molecule has 1 aliphatic heterocycles. The summed E-state index contributed by atoms with van der Waals surface area (Å²) < 4.78 is 0. The van der Waals surface area contributed by atoms with Gasteiger partial charge in [-0.25, -0.2) is 5.01 Å². The highest BCUT2D eigenvalue weighted by atomic mass is 127. The van der Waals surface area contributed by atoms with E-state index < -0.39 is 0 Å². The second-order valence-corrected chi connectivity index (χ2v) is 6.33. The predicted octanol–water partition coefficient (Wildman–Crippen LogP) is 4.45. The Morgan fingerprint density at radius 1 is 0.857 bits per heavy atom. The van der Waals surface area contributed by atoms with Gasteiger partial charge in [-0.3, -0.25) is 5.01 Å². The standard InChI is InChI=1S/C16H19N3S.HI/c1-17(2)13-9-7-11-15-16(13)19(18(3)4)12-8-5-6-10-14(12)20-15;/h5-11H,1-4H3;1H. The van der Waals surface area contributed by atoms with Crippen molar-refractivity contribution in [2.75, 3.05) is 38.1 Å². The number of anilines is 3. The molecule has 1 heterocycles. The molecule has 0 aliphatic carbocycles. The van der Waals surface area contributed by atoms with E-state index in [0.29, 0.717) is 0 Å². The lowest BCUT2D eigenvalue weighted by molar-refractivity contribution is 0.413. The van der Waals surface area contributed by atoms with Crippen LogP contribution in [-0.4, -0.2) is 33.2 Å². The van der Waals surface area contributed by atoms with E-state index in [1.54, 1.807) is 0 Å². The van der Waals surface area contributed by atoms with Crippen molar-refractivity contribution in [3.63, 3.8) is 0 Å². The molecule has 3 nitrogen and oxygen atoms in total. The maximum Gasteiger partial charge on any atom is 0.0953 e. The van der Waals surface area contributed by atoms with Gasteiger partial charge in [0.2, 0.25) is 0 Å². The lowest BCUT2D eigenvalue weighted by Crippen LogP contribution is -2.35. The van der Waals surface area contributed by atoms with Crippen LogP contribution in [0.15, 0.2) is 52.3 Å². The lowest BCUT2D eigenvalue weighted by atomic mass is 10.2. The van der Waals surface area contributed by atoms with Crippen LogP contribution in [0.2, 0.25) is 0 Å². The minimum atomic E-state index is 0. The second-order valence-electron chi connectivity index (χ2n) is 5.25. The normalized spacial score (nSPS) is 12.5. The summed E-state index contributed by atoms with van der Waals surface area (Å²) >= 11 is 1.84. The Labute approximate surface area is 147 Å². The van der Waals surface area contributed by atoms with Crippen LogP contribution in [0, 0.1) is 0 Å². The summed E-state index contributed by atoms with van der Waals surface area (Å²) in [6, 6.07) is 15.0. The zero-order valence-electron chi connectivity index (χ0n) is 12.7. The number of nitrogens with zero attached hydrogens (tertiary/aromatic N) is 3. The Kier molecular flexibility index (Phi) is 5.06. The second kappa shape index (κ2) is 6.46. The molecule has 0 saturated heterocycles. The van der Waals surface area contributed by atoms with E-state index in [4.69, 9.17) is 0 Å². The van der Waals surface area contributed by atoms with Crippen molar-refractivity contribution in [1.29, 1.82) is 0 Å². The zero-order valence-corrected chi connectivity index (χ0v) is 15.8. The molecule has 0 N–H and O–H groups in total. The van der Waals surface area contributed by atoms with E-state index in [0.717, 1.165) is 0 Å². The van der Waals surface area contributed by atoms with E-state index in [-0.39, 0.29) is 24.0 Å². The number of hydrogen-bond donors (Lipinski definition) is 0. The summed E-state index contributed by atoms with van der Waals surface area (Å²) in [4.78, 5) is 4.76. The third-order valence-electron chi connectivity index (χ3n) is 3.38. The van der Waals surface area contributed by atoms with Gasteiger partial charge in [0.25, 0.3) is 0 Å². The van der Waals surface area contributed by atoms with Crippen molar-refractivity contribution < 1.29 is 0 Å². The Morgan fingerprint density at radius 2 is 1.52 bits per heavy atom. The Hall–Kier alpha value is -0.920. The number of hydrazine groups is 1. The molecule has 0 saturated carbocycles.